The van der Waals surface area contributed by atoms with Crippen LogP contribution in [0, 0.1) is 0 Å². The number of benzene rings is 5. The van der Waals surface area contributed by atoms with Gasteiger partial charge in [0.05, 0.1) is 16.7 Å². The molecule has 0 fully saturated rings. The summed E-state index contributed by atoms with van der Waals surface area (Å²) in [4.78, 5) is 4.54. The second-order valence-electron chi connectivity index (χ2n) is 10.4. The lowest BCUT2D eigenvalue weighted by molar-refractivity contribution is 0.666. The molecule has 6 aromatic rings. The second-order valence-corrected chi connectivity index (χ2v) is 10.4. The van der Waals surface area contributed by atoms with E-state index in [1.807, 2.05) is 6.21 Å². The van der Waals surface area contributed by atoms with E-state index < -0.39 is 0 Å². The van der Waals surface area contributed by atoms with Gasteiger partial charge in [-0.2, -0.15) is 0 Å². The quantitative estimate of drug-likeness (QED) is 0.240. The van der Waals surface area contributed by atoms with Crippen molar-refractivity contribution in [3.05, 3.63) is 108 Å². The SMILES string of the molecule is CC1(C)c2ccccc2-c2ccc3c(ccc4c5ccccc5n(-c5ccc6c(c5)CC=N6)c34)c21. The van der Waals surface area contributed by atoms with Crippen LogP contribution in [0.5, 0.6) is 0 Å². The Labute approximate surface area is 204 Å². The highest BCUT2D eigenvalue weighted by Crippen LogP contribution is 2.52. The molecule has 0 bridgehead atoms. The van der Waals surface area contributed by atoms with E-state index in [4.69, 9.17) is 0 Å². The third-order valence-corrected chi connectivity index (χ3v) is 8.21. The van der Waals surface area contributed by atoms with Gasteiger partial charge in [0.25, 0.3) is 0 Å². The molecule has 2 aliphatic rings. The van der Waals surface area contributed by atoms with Gasteiger partial charge in [-0.05, 0) is 57.5 Å². The smallest absolute Gasteiger partial charge is 0.0663 e. The van der Waals surface area contributed by atoms with Crippen molar-refractivity contribution < 1.29 is 0 Å². The number of aromatic nitrogens is 1. The van der Waals surface area contributed by atoms with Gasteiger partial charge in [-0.3, -0.25) is 4.99 Å². The largest absolute Gasteiger partial charge is 0.309 e. The summed E-state index contributed by atoms with van der Waals surface area (Å²) in [5.41, 5.74) is 11.7. The number of para-hydroxylation sites is 1. The Morgan fingerprint density at radius 2 is 1.49 bits per heavy atom. The lowest BCUT2D eigenvalue weighted by Crippen LogP contribution is -2.15. The van der Waals surface area contributed by atoms with E-state index in [0.29, 0.717) is 0 Å². The Morgan fingerprint density at radius 1 is 0.714 bits per heavy atom. The van der Waals surface area contributed by atoms with E-state index in [1.54, 1.807) is 0 Å². The van der Waals surface area contributed by atoms with Gasteiger partial charge in [0, 0.05) is 39.9 Å². The first-order valence-electron chi connectivity index (χ1n) is 12.4. The summed E-state index contributed by atoms with van der Waals surface area (Å²) >= 11 is 0. The summed E-state index contributed by atoms with van der Waals surface area (Å²) in [6.07, 6.45) is 2.92. The fourth-order valence-electron chi connectivity index (χ4n) is 6.67. The maximum atomic E-state index is 4.54. The number of fused-ring (bicyclic) bond motifs is 10. The lowest BCUT2D eigenvalue weighted by Gasteiger charge is -2.23. The van der Waals surface area contributed by atoms with Crippen molar-refractivity contribution in [2.24, 2.45) is 4.99 Å². The topological polar surface area (TPSA) is 17.3 Å². The van der Waals surface area contributed by atoms with Crippen LogP contribution in [0.2, 0.25) is 0 Å². The summed E-state index contributed by atoms with van der Waals surface area (Å²) in [6.45, 7) is 4.74. The highest BCUT2D eigenvalue weighted by molar-refractivity contribution is 6.20. The van der Waals surface area contributed by atoms with Crippen molar-refractivity contribution >= 4 is 44.5 Å². The Kier molecular flexibility index (Phi) is 3.55. The van der Waals surface area contributed by atoms with Crippen LogP contribution in [0.3, 0.4) is 0 Å². The molecule has 166 valence electrons. The summed E-state index contributed by atoms with van der Waals surface area (Å²) in [5, 5.41) is 5.27. The van der Waals surface area contributed by atoms with Crippen LogP contribution in [-0.4, -0.2) is 10.8 Å². The first kappa shape index (κ1) is 19.2. The normalized spacial score (nSPS) is 15.1. The molecule has 2 heterocycles. The first-order valence-corrected chi connectivity index (χ1v) is 12.4. The predicted octanol–water partition coefficient (Wildman–Crippen LogP) is 8.50. The van der Waals surface area contributed by atoms with Gasteiger partial charge in [-0.25, -0.2) is 0 Å². The van der Waals surface area contributed by atoms with Crippen molar-refractivity contribution in [2.45, 2.75) is 25.7 Å². The molecule has 0 atom stereocenters. The average Bonchev–Trinajstić information content (AvgIpc) is 3.55. The monoisotopic (exact) mass is 448 g/mol. The number of hydrogen-bond acceptors (Lipinski definition) is 1. The standard InChI is InChI=1S/C33H24N2/c1-33(2)28-9-5-3-7-22(28)24-12-15-27-25(31(24)33)13-14-26-23-8-4-6-10-30(23)35(32(26)27)21-11-16-29-20(19-21)17-18-34-29/h3-16,18-19H,17H2,1-2H3. The zero-order chi connectivity index (χ0) is 23.3. The number of hydrogen-bond donors (Lipinski definition) is 0. The molecule has 0 amide bonds. The third-order valence-electron chi connectivity index (χ3n) is 8.21. The molecule has 1 aromatic heterocycles. The van der Waals surface area contributed by atoms with Gasteiger partial charge < -0.3 is 4.57 Å². The molecule has 2 nitrogen and oxygen atoms in total. The van der Waals surface area contributed by atoms with Gasteiger partial charge in [0.1, 0.15) is 0 Å². The maximum absolute atomic E-state index is 4.54. The van der Waals surface area contributed by atoms with Gasteiger partial charge >= 0.3 is 0 Å². The maximum Gasteiger partial charge on any atom is 0.0663 e. The van der Waals surface area contributed by atoms with E-state index >= 15 is 0 Å². The molecule has 1 aliphatic heterocycles. The van der Waals surface area contributed by atoms with Crippen LogP contribution in [0.25, 0.3) is 49.4 Å². The summed E-state index contributed by atoms with van der Waals surface area (Å²) in [6, 6.07) is 33.8. The number of nitrogens with zero attached hydrogens (tertiary/aromatic N) is 2. The zero-order valence-electron chi connectivity index (χ0n) is 19.8. The van der Waals surface area contributed by atoms with E-state index in [2.05, 4.69) is 114 Å². The van der Waals surface area contributed by atoms with Gasteiger partial charge in [0.15, 0.2) is 0 Å². The average molecular weight is 449 g/mol. The Morgan fingerprint density at radius 3 is 2.43 bits per heavy atom. The first-order chi connectivity index (χ1) is 17.1. The minimum atomic E-state index is -0.0408. The van der Waals surface area contributed by atoms with Gasteiger partial charge in [-0.15, -0.1) is 0 Å². The Balaban J connectivity index is 1.53. The molecule has 8 rings (SSSR count). The van der Waals surface area contributed by atoms with Crippen LogP contribution in [-0.2, 0) is 11.8 Å². The Bertz CT molecular complexity index is 1900. The molecule has 2 heteroatoms. The van der Waals surface area contributed by atoms with Crippen molar-refractivity contribution in [1.29, 1.82) is 0 Å². The predicted molar refractivity (Wildman–Crippen MR) is 148 cm³/mol. The van der Waals surface area contributed by atoms with Crippen molar-refractivity contribution in [2.75, 3.05) is 0 Å². The Hall–Kier alpha value is -4.17. The molecule has 0 N–H and O–H groups in total. The zero-order valence-corrected chi connectivity index (χ0v) is 19.8. The lowest BCUT2D eigenvalue weighted by atomic mass is 9.80. The van der Waals surface area contributed by atoms with Crippen LogP contribution < -0.4 is 0 Å². The van der Waals surface area contributed by atoms with E-state index in [9.17, 15) is 0 Å². The van der Waals surface area contributed by atoms with Crippen LogP contribution in [0.4, 0.5) is 5.69 Å². The number of rotatable bonds is 1. The van der Waals surface area contributed by atoms with Crippen LogP contribution in [0.1, 0.15) is 30.5 Å². The van der Waals surface area contributed by atoms with E-state index in [-0.39, 0.29) is 5.41 Å². The highest BCUT2D eigenvalue weighted by Gasteiger charge is 2.36. The van der Waals surface area contributed by atoms with Gasteiger partial charge in [-0.1, -0.05) is 80.6 Å². The van der Waals surface area contributed by atoms with Crippen molar-refractivity contribution in [3.63, 3.8) is 0 Å². The molecule has 0 saturated carbocycles. The summed E-state index contributed by atoms with van der Waals surface area (Å²) < 4.78 is 2.47. The molecule has 0 unspecified atom stereocenters. The molecule has 1 aliphatic carbocycles. The van der Waals surface area contributed by atoms with E-state index in [1.165, 1.54) is 66.1 Å². The third kappa shape index (κ3) is 2.37. The molecule has 0 saturated heterocycles. The second kappa shape index (κ2) is 6.49. The summed E-state index contributed by atoms with van der Waals surface area (Å²) in [5.74, 6) is 0. The van der Waals surface area contributed by atoms with Crippen molar-refractivity contribution in [1.82, 2.24) is 4.57 Å². The fourth-order valence-corrected chi connectivity index (χ4v) is 6.67. The van der Waals surface area contributed by atoms with Crippen LogP contribution in [0.15, 0.2) is 96.0 Å². The molecular formula is C33H24N2. The number of aliphatic imine (C=N–C) groups is 1. The fraction of sp³-hybridized carbons (Fsp3) is 0.121. The minimum Gasteiger partial charge on any atom is -0.309 e. The van der Waals surface area contributed by atoms with Crippen LogP contribution >= 0.6 is 0 Å². The van der Waals surface area contributed by atoms with E-state index in [0.717, 1.165) is 12.1 Å². The van der Waals surface area contributed by atoms with Crippen molar-refractivity contribution in [3.8, 4) is 16.8 Å². The molecule has 0 spiro atoms. The molecule has 35 heavy (non-hydrogen) atoms. The highest BCUT2D eigenvalue weighted by atomic mass is 15.0. The molecular weight excluding hydrogens is 424 g/mol. The minimum absolute atomic E-state index is 0.0408. The van der Waals surface area contributed by atoms with Gasteiger partial charge in [0.2, 0.25) is 0 Å². The summed E-state index contributed by atoms with van der Waals surface area (Å²) in [7, 11) is 0. The molecule has 5 aromatic carbocycles. The molecule has 0 radical (unpaired) electrons.